The van der Waals surface area contributed by atoms with Crippen LogP contribution in [0.5, 0.6) is 0 Å². The molecule has 3 heteroatoms. The van der Waals surface area contributed by atoms with Gasteiger partial charge in [0.05, 0.1) is 0 Å². The van der Waals surface area contributed by atoms with E-state index in [-0.39, 0.29) is 0 Å². The topological polar surface area (TPSA) is 32.3 Å². The molecule has 2 aliphatic rings. The number of hydrogen-bond acceptors (Lipinski definition) is 2. The van der Waals surface area contributed by atoms with Gasteiger partial charge in [0.15, 0.2) is 0 Å². The number of likely N-dealkylation sites (tertiary alicyclic amines) is 1. The highest BCUT2D eigenvalue weighted by molar-refractivity contribution is 5.76. The summed E-state index contributed by atoms with van der Waals surface area (Å²) in [5, 5.41) is 3.24. The van der Waals surface area contributed by atoms with E-state index in [2.05, 4.69) is 17.1 Å². The number of rotatable bonds is 6. The molecule has 1 aliphatic heterocycles. The largest absolute Gasteiger partial charge is 0.353 e. The Balaban J connectivity index is 1.58. The molecule has 19 heavy (non-hydrogen) atoms. The lowest BCUT2D eigenvalue weighted by molar-refractivity contribution is -0.122. The Labute approximate surface area is 118 Å². The molecule has 2 fully saturated rings. The molecule has 2 rings (SSSR count). The van der Waals surface area contributed by atoms with Crippen molar-refractivity contribution in [3.05, 3.63) is 0 Å². The Hall–Kier alpha value is -0.570. The van der Waals surface area contributed by atoms with Crippen LogP contribution in [0.3, 0.4) is 0 Å². The molecule has 0 unspecified atom stereocenters. The molecular weight excluding hydrogens is 236 g/mol. The van der Waals surface area contributed by atoms with Crippen LogP contribution in [-0.4, -0.2) is 36.5 Å². The molecule has 110 valence electrons. The van der Waals surface area contributed by atoms with Gasteiger partial charge >= 0.3 is 0 Å². The molecule has 1 amide bonds. The second-order valence-electron chi connectivity index (χ2n) is 6.37. The molecule has 0 radical (unpaired) electrons. The fourth-order valence-electron chi connectivity index (χ4n) is 3.55. The lowest BCUT2D eigenvalue weighted by Crippen LogP contribution is -2.44. The normalized spacial score (nSPS) is 22.8. The van der Waals surface area contributed by atoms with Crippen LogP contribution < -0.4 is 5.32 Å². The van der Waals surface area contributed by atoms with Gasteiger partial charge in [-0.3, -0.25) is 4.79 Å². The predicted molar refractivity (Wildman–Crippen MR) is 79.1 cm³/mol. The van der Waals surface area contributed by atoms with Crippen molar-refractivity contribution in [3.63, 3.8) is 0 Å². The number of carbonyl (C=O) groups is 1. The number of nitrogens with zero attached hydrogens (tertiary/aromatic N) is 1. The first-order valence-corrected chi connectivity index (χ1v) is 8.29. The molecular formula is C16H30N2O. The van der Waals surface area contributed by atoms with Crippen molar-refractivity contribution in [2.75, 3.05) is 19.6 Å². The number of piperidine rings is 1. The maximum Gasteiger partial charge on any atom is 0.220 e. The molecule has 1 heterocycles. The minimum atomic E-state index is 0.292. The van der Waals surface area contributed by atoms with Crippen LogP contribution in [0.15, 0.2) is 0 Å². The van der Waals surface area contributed by atoms with E-state index in [1.54, 1.807) is 0 Å². The zero-order valence-electron chi connectivity index (χ0n) is 12.5. The standard InChI is InChI=1S/C16H30N2O/c1-2-11-18-12-9-15(10-13-18)17-16(19)8-7-14-5-3-4-6-14/h14-15H,2-13H2,1H3,(H,17,19). The summed E-state index contributed by atoms with van der Waals surface area (Å²) in [6.45, 7) is 5.75. The van der Waals surface area contributed by atoms with Gasteiger partial charge < -0.3 is 10.2 Å². The Kier molecular flexibility index (Phi) is 6.15. The highest BCUT2D eigenvalue weighted by Crippen LogP contribution is 2.28. The quantitative estimate of drug-likeness (QED) is 0.801. The Morgan fingerprint density at radius 1 is 1.16 bits per heavy atom. The summed E-state index contributed by atoms with van der Waals surface area (Å²) in [6, 6.07) is 0.434. The summed E-state index contributed by atoms with van der Waals surface area (Å²) in [4.78, 5) is 14.5. The van der Waals surface area contributed by atoms with E-state index in [0.29, 0.717) is 11.9 Å². The van der Waals surface area contributed by atoms with E-state index in [4.69, 9.17) is 0 Å². The lowest BCUT2D eigenvalue weighted by atomic mass is 10.0. The van der Waals surface area contributed by atoms with Gasteiger partial charge in [-0.2, -0.15) is 0 Å². The fraction of sp³-hybridized carbons (Fsp3) is 0.938. The number of carbonyl (C=O) groups excluding carboxylic acids is 1. The van der Waals surface area contributed by atoms with Gasteiger partial charge in [-0.25, -0.2) is 0 Å². The van der Waals surface area contributed by atoms with Crippen molar-refractivity contribution in [2.24, 2.45) is 5.92 Å². The van der Waals surface area contributed by atoms with Crippen LogP contribution in [0.4, 0.5) is 0 Å². The summed E-state index contributed by atoms with van der Waals surface area (Å²) in [7, 11) is 0. The van der Waals surface area contributed by atoms with Crippen molar-refractivity contribution in [3.8, 4) is 0 Å². The van der Waals surface area contributed by atoms with Gasteiger partial charge in [-0.15, -0.1) is 0 Å². The van der Waals surface area contributed by atoms with Gasteiger partial charge in [0.1, 0.15) is 0 Å². The maximum atomic E-state index is 12.0. The minimum absolute atomic E-state index is 0.292. The van der Waals surface area contributed by atoms with Crippen molar-refractivity contribution < 1.29 is 4.79 Å². The zero-order chi connectivity index (χ0) is 13.5. The minimum Gasteiger partial charge on any atom is -0.353 e. The smallest absolute Gasteiger partial charge is 0.220 e. The van der Waals surface area contributed by atoms with Crippen LogP contribution in [0.25, 0.3) is 0 Å². The summed E-state index contributed by atoms with van der Waals surface area (Å²) in [5.41, 5.74) is 0. The first-order valence-electron chi connectivity index (χ1n) is 8.29. The summed E-state index contributed by atoms with van der Waals surface area (Å²) in [5.74, 6) is 1.12. The third kappa shape index (κ3) is 5.13. The van der Waals surface area contributed by atoms with E-state index in [9.17, 15) is 4.79 Å². The van der Waals surface area contributed by atoms with Gasteiger partial charge in [0, 0.05) is 25.6 Å². The molecule has 0 aromatic heterocycles. The van der Waals surface area contributed by atoms with Crippen molar-refractivity contribution in [2.45, 2.75) is 70.8 Å². The Bertz CT molecular complexity index is 266. The van der Waals surface area contributed by atoms with E-state index in [1.807, 2.05) is 0 Å². The number of nitrogens with one attached hydrogen (secondary N) is 1. The summed E-state index contributed by atoms with van der Waals surface area (Å²) < 4.78 is 0. The van der Waals surface area contributed by atoms with Gasteiger partial charge in [-0.1, -0.05) is 32.6 Å². The van der Waals surface area contributed by atoms with Crippen LogP contribution in [0.2, 0.25) is 0 Å². The van der Waals surface area contributed by atoms with E-state index < -0.39 is 0 Å². The van der Waals surface area contributed by atoms with Crippen LogP contribution >= 0.6 is 0 Å². The van der Waals surface area contributed by atoms with Crippen LogP contribution in [0, 0.1) is 5.92 Å². The van der Waals surface area contributed by atoms with E-state index in [0.717, 1.165) is 44.7 Å². The maximum absolute atomic E-state index is 12.0. The van der Waals surface area contributed by atoms with Gasteiger partial charge in [-0.05, 0) is 38.1 Å². The SMILES string of the molecule is CCCN1CCC(NC(=O)CCC2CCCC2)CC1. The van der Waals surface area contributed by atoms with Crippen molar-refractivity contribution in [1.82, 2.24) is 10.2 Å². The lowest BCUT2D eigenvalue weighted by Gasteiger charge is -2.32. The third-order valence-electron chi connectivity index (χ3n) is 4.75. The molecule has 0 atom stereocenters. The predicted octanol–water partition coefficient (Wildman–Crippen LogP) is 2.95. The van der Waals surface area contributed by atoms with Crippen molar-refractivity contribution >= 4 is 5.91 Å². The second kappa shape index (κ2) is 7.88. The Morgan fingerprint density at radius 3 is 2.47 bits per heavy atom. The molecule has 1 saturated heterocycles. The molecule has 3 nitrogen and oxygen atoms in total. The highest BCUT2D eigenvalue weighted by atomic mass is 16.1. The monoisotopic (exact) mass is 266 g/mol. The summed E-state index contributed by atoms with van der Waals surface area (Å²) in [6.07, 6.45) is 10.8. The van der Waals surface area contributed by atoms with Crippen LogP contribution in [0.1, 0.15) is 64.7 Å². The van der Waals surface area contributed by atoms with E-state index in [1.165, 1.54) is 38.6 Å². The van der Waals surface area contributed by atoms with Gasteiger partial charge in [0.25, 0.3) is 0 Å². The van der Waals surface area contributed by atoms with Gasteiger partial charge in [0.2, 0.25) is 5.91 Å². The molecule has 1 saturated carbocycles. The molecule has 1 aliphatic carbocycles. The number of hydrogen-bond donors (Lipinski definition) is 1. The third-order valence-corrected chi connectivity index (χ3v) is 4.75. The highest BCUT2D eigenvalue weighted by Gasteiger charge is 2.21. The molecule has 0 aromatic rings. The molecule has 0 spiro atoms. The Morgan fingerprint density at radius 2 is 1.84 bits per heavy atom. The first-order chi connectivity index (χ1) is 9.28. The molecule has 0 aromatic carbocycles. The molecule has 1 N–H and O–H groups in total. The fourth-order valence-corrected chi connectivity index (χ4v) is 3.55. The number of amides is 1. The molecule has 0 bridgehead atoms. The van der Waals surface area contributed by atoms with Crippen molar-refractivity contribution in [1.29, 1.82) is 0 Å². The average molecular weight is 266 g/mol. The summed E-state index contributed by atoms with van der Waals surface area (Å²) >= 11 is 0. The first kappa shape index (κ1) is 14.8. The van der Waals surface area contributed by atoms with Crippen LogP contribution in [-0.2, 0) is 4.79 Å². The van der Waals surface area contributed by atoms with E-state index >= 15 is 0 Å². The zero-order valence-corrected chi connectivity index (χ0v) is 12.5. The average Bonchev–Trinajstić information content (AvgIpc) is 2.92. The second-order valence-corrected chi connectivity index (χ2v) is 6.37.